The number of aliphatic hydroxyl groups is 2. The summed E-state index contributed by atoms with van der Waals surface area (Å²) in [7, 11) is 0. The van der Waals surface area contributed by atoms with Crippen LogP contribution in [0, 0.1) is 0 Å². The van der Waals surface area contributed by atoms with Crippen molar-refractivity contribution in [3.05, 3.63) is 70.8 Å². The predicted molar refractivity (Wildman–Crippen MR) is 245 cm³/mol. The number of benzene rings is 2. The zero-order valence-corrected chi connectivity index (χ0v) is 37.8. The van der Waals surface area contributed by atoms with Crippen LogP contribution in [0.1, 0.15) is 150 Å². The maximum Gasteiger partial charge on any atom is 0.280 e. The number of aliphatic hydroxyl groups excluding tert-OH is 2. The normalized spacial score (nSPS) is 14.8. The van der Waals surface area contributed by atoms with Gasteiger partial charge in [-0.3, -0.25) is 10.2 Å². The van der Waals surface area contributed by atoms with Crippen LogP contribution in [-0.2, 0) is 18.9 Å². The summed E-state index contributed by atoms with van der Waals surface area (Å²) in [5.74, 6) is 0.244. The molecule has 0 spiro atoms. The Morgan fingerprint density at radius 3 is 1.69 bits per heavy atom. The number of rotatable bonds is 32. The monoisotopic (exact) mass is 841 g/mol. The number of thiocarbonyl (C=S) groups is 1. The number of fused-ring (bicyclic) bond motifs is 1. The zero-order chi connectivity index (χ0) is 42.8. The molecule has 0 radical (unpaired) electrons. The number of ether oxygens (including phenoxy) is 4. The summed E-state index contributed by atoms with van der Waals surface area (Å²) in [5.41, 5.74) is 4.20. The Bertz CT molecular complexity index is 1630. The van der Waals surface area contributed by atoms with E-state index in [4.69, 9.17) is 36.1 Å². The SMILES string of the molecule is CCCCCCCCCCCCCCCCC(O)c1nc2ccccc2c(=O)n1NC(=S)N(CC(C)OCC(C)OCC(C)OCC(C)OCC(C)O)c1ccccc1. The van der Waals surface area contributed by atoms with Crippen LogP contribution in [0.5, 0.6) is 0 Å². The predicted octanol–water partition coefficient (Wildman–Crippen LogP) is 9.64. The first kappa shape index (κ1) is 50.4. The fourth-order valence-corrected chi connectivity index (χ4v) is 7.14. The van der Waals surface area contributed by atoms with Crippen molar-refractivity contribution >= 4 is 33.9 Å². The van der Waals surface area contributed by atoms with Crippen LogP contribution in [0.3, 0.4) is 0 Å². The van der Waals surface area contributed by atoms with Crippen molar-refractivity contribution in [1.29, 1.82) is 0 Å². The van der Waals surface area contributed by atoms with Crippen molar-refractivity contribution in [2.75, 3.05) is 43.3 Å². The van der Waals surface area contributed by atoms with Gasteiger partial charge >= 0.3 is 0 Å². The summed E-state index contributed by atoms with van der Waals surface area (Å²) in [6, 6.07) is 16.9. The third-order valence-corrected chi connectivity index (χ3v) is 10.7. The maximum atomic E-state index is 14.0. The van der Waals surface area contributed by atoms with Crippen molar-refractivity contribution in [2.24, 2.45) is 0 Å². The van der Waals surface area contributed by atoms with Gasteiger partial charge in [0, 0.05) is 5.69 Å². The summed E-state index contributed by atoms with van der Waals surface area (Å²) >= 11 is 6.00. The van der Waals surface area contributed by atoms with E-state index >= 15 is 0 Å². The molecule has 11 nitrogen and oxygen atoms in total. The van der Waals surface area contributed by atoms with Crippen molar-refractivity contribution in [3.8, 4) is 0 Å². The minimum Gasteiger partial charge on any atom is -0.391 e. The van der Waals surface area contributed by atoms with E-state index in [0.717, 1.165) is 24.9 Å². The van der Waals surface area contributed by atoms with Crippen LogP contribution in [-0.4, -0.2) is 88.5 Å². The van der Waals surface area contributed by atoms with E-state index in [2.05, 4.69) is 12.3 Å². The summed E-state index contributed by atoms with van der Waals surface area (Å²) in [5, 5.41) is 21.6. The highest BCUT2D eigenvalue weighted by atomic mass is 32.1. The Morgan fingerprint density at radius 2 is 1.15 bits per heavy atom. The highest BCUT2D eigenvalue weighted by molar-refractivity contribution is 7.80. The first-order chi connectivity index (χ1) is 28.5. The topological polar surface area (TPSA) is 128 Å². The summed E-state index contributed by atoms with van der Waals surface area (Å²) in [6.45, 7) is 13.6. The second-order valence-electron chi connectivity index (χ2n) is 16.3. The zero-order valence-electron chi connectivity index (χ0n) is 37.0. The number of nitrogens with one attached hydrogen (secondary N) is 1. The minimum absolute atomic E-state index is 0.131. The number of anilines is 1. The van der Waals surface area contributed by atoms with Gasteiger partial charge in [-0.25, -0.2) is 9.66 Å². The van der Waals surface area contributed by atoms with Gasteiger partial charge in [-0.05, 0) is 77.5 Å². The van der Waals surface area contributed by atoms with Crippen LogP contribution in [0.2, 0.25) is 0 Å². The van der Waals surface area contributed by atoms with Crippen molar-refractivity contribution < 1.29 is 29.2 Å². The lowest BCUT2D eigenvalue weighted by molar-refractivity contribution is -0.0904. The molecular weight excluding hydrogens is 765 g/mol. The molecule has 0 saturated carbocycles. The lowest BCUT2D eigenvalue weighted by Gasteiger charge is -2.30. The number of nitrogens with zero attached hydrogens (tertiary/aromatic N) is 3. The van der Waals surface area contributed by atoms with Gasteiger partial charge in [0.05, 0.1) is 74.4 Å². The van der Waals surface area contributed by atoms with Gasteiger partial charge in [-0.1, -0.05) is 127 Å². The number of unbranched alkanes of at least 4 members (excludes halogenated alkanes) is 13. The van der Waals surface area contributed by atoms with Crippen molar-refractivity contribution in [2.45, 2.75) is 174 Å². The minimum atomic E-state index is -0.950. The molecular formula is C47H76N4O7S. The van der Waals surface area contributed by atoms with E-state index in [1.807, 2.05) is 75.1 Å². The van der Waals surface area contributed by atoms with Crippen LogP contribution in [0.15, 0.2) is 59.4 Å². The second kappa shape index (κ2) is 29.3. The van der Waals surface area contributed by atoms with Gasteiger partial charge in [0.25, 0.3) is 5.56 Å². The molecule has 1 aromatic heterocycles. The highest BCUT2D eigenvalue weighted by Gasteiger charge is 2.23. The molecule has 6 atom stereocenters. The van der Waals surface area contributed by atoms with Crippen molar-refractivity contribution in [1.82, 2.24) is 9.66 Å². The van der Waals surface area contributed by atoms with Crippen LogP contribution >= 0.6 is 12.2 Å². The first-order valence-corrected chi connectivity index (χ1v) is 22.9. The molecule has 0 saturated heterocycles. The molecule has 0 aliphatic rings. The molecule has 0 fully saturated rings. The van der Waals surface area contributed by atoms with Gasteiger partial charge in [0.1, 0.15) is 6.10 Å². The molecule has 332 valence electrons. The lowest BCUT2D eigenvalue weighted by atomic mass is 10.0. The van der Waals surface area contributed by atoms with Gasteiger partial charge in [0.2, 0.25) is 0 Å². The van der Waals surface area contributed by atoms with Crippen LogP contribution in [0.25, 0.3) is 10.9 Å². The Morgan fingerprint density at radius 1 is 0.678 bits per heavy atom. The Kier molecular flexibility index (Phi) is 25.0. The Hall–Kier alpha value is -2.97. The molecule has 1 heterocycles. The molecule has 6 unspecified atom stereocenters. The van der Waals surface area contributed by atoms with Gasteiger partial charge in [-0.2, -0.15) is 0 Å². The third kappa shape index (κ3) is 20.0. The molecule has 3 aromatic rings. The summed E-state index contributed by atoms with van der Waals surface area (Å²) < 4.78 is 25.0. The fraction of sp³-hybridized carbons (Fsp3) is 0.681. The molecule has 0 bridgehead atoms. The highest BCUT2D eigenvalue weighted by Crippen LogP contribution is 2.22. The number of hydrogen-bond donors (Lipinski definition) is 3. The van der Waals surface area contributed by atoms with Crippen molar-refractivity contribution in [3.63, 3.8) is 0 Å². The number of aromatic nitrogens is 2. The molecule has 12 heteroatoms. The molecule has 2 aromatic carbocycles. The molecule has 0 amide bonds. The van der Waals surface area contributed by atoms with Gasteiger partial charge < -0.3 is 34.1 Å². The quantitative estimate of drug-likeness (QED) is 0.0411. The Labute approximate surface area is 360 Å². The van der Waals surface area contributed by atoms with Crippen LogP contribution < -0.4 is 15.9 Å². The molecule has 3 N–H and O–H groups in total. The van der Waals surface area contributed by atoms with E-state index in [0.29, 0.717) is 43.7 Å². The maximum absolute atomic E-state index is 14.0. The van der Waals surface area contributed by atoms with E-state index < -0.39 is 12.2 Å². The molecule has 0 aliphatic carbocycles. The molecule has 59 heavy (non-hydrogen) atoms. The molecule has 3 rings (SSSR count). The average Bonchev–Trinajstić information content (AvgIpc) is 3.23. The smallest absolute Gasteiger partial charge is 0.280 e. The van der Waals surface area contributed by atoms with E-state index in [-0.39, 0.29) is 47.5 Å². The van der Waals surface area contributed by atoms with E-state index in [9.17, 15) is 15.0 Å². The molecule has 0 aliphatic heterocycles. The van der Waals surface area contributed by atoms with E-state index in [1.54, 1.807) is 19.1 Å². The Balaban J connectivity index is 1.55. The standard InChI is InChI=1S/C47H76N4O7S/c1-7-8-9-10-11-12-13-14-15-16-17-18-19-23-30-44(53)45-48-43-29-25-24-28-42(43)46(54)51(45)49-47(59)50(41-26-21-20-22-27-41)31-37(3)56-33-39(5)58-35-40(6)57-34-38(4)55-32-36(2)52/h20-22,24-29,36-40,44,52-53H,7-19,23,30-35H2,1-6H3,(H,49,59). The summed E-state index contributed by atoms with van der Waals surface area (Å²) in [4.78, 5) is 20.7. The fourth-order valence-electron chi connectivity index (χ4n) is 6.87. The largest absolute Gasteiger partial charge is 0.391 e. The van der Waals surface area contributed by atoms with E-state index in [1.165, 1.54) is 75.3 Å². The second-order valence-corrected chi connectivity index (χ2v) is 16.7. The van der Waals surface area contributed by atoms with Gasteiger partial charge in [-0.15, -0.1) is 0 Å². The third-order valence-electron chi connectivity index (χ3n) is 10.4. The van der Waals surface area contributed by atoms with Gasteiger partial charge in [0.15, 0.2) is 10.9 Å². The summed E-state index contributed by atoms with van der Waals surface area (Å²) in [6.07, 6.45) is 15.9. The lowest BCUT2D eigenvalue weighted by Crippen LogP contribution is -2.46. The average molecular weight is 841 g/mol. The van der Waals surface area contributed by atoms with Crippen LogP contribution in [0.4, 0.5) is 5.69 Å². The first-order valence-electron chi connectivity index (χ1n) is 22.5. The number of para-hydroxylation sites is 2. The number of hydrogen-bond acceptors (Lipinski definition) is 9.